The Bertz CT molecular complexity index is 1320. The number of sulfonamides is 1. The van der Waals surface area contributed by atoms with Gasteiger partial charge in [-0.25, -0.2) is 8.42 Å². The second-order valence-corrected chi connectivity index (χ2v) is 8.71. The van der Waals surface area contributed by atoms with Crippen molar-refractivity contribution in [1.82, 2.24) is 10.3 Å². The molecule has 170 valence electrons. The number of alkyl halides is 3. The zero-order valence-electron chi connectivity index (χ0n) is 16.9. The molecule has 0 saturated heterocycles. The van der Waals surface area contributed by atoms with Crippen LogP contribution in [0.5, 0.6) is 0 Å². The molecule has 0 spiro atoms. The second kappa shape index (κ2) is 9.03. The first-order chi connectivity index (χ1) is 15.0. The van der Waals surface area contributed by atoms with Gasteiger partial charge in [0.2, 0.25) is 5.43 Å². The first-order valence-electron chi connectivity index (χ1n) is 9.66. The van der Waals surface area contributed by atoms with Crippen molar-refractivity contribution in [3.8, 4) is 0 Å². The third kappa shape index (κ3) is 5.10. The fourth-order valence-electron chi connectivity index (χ4n) is 2.98. The molecule has 1 amide bonds. The van der Waals surface area contributed by atoms with E-state index >= 15 is 0 Å². The Morgan fingerprint density at radius 2 is 1.88 bits per heavy atom. The van der Waals surface area contributed by atoms with Crippen molar-refractivity contribution >= 4 is 32.5 Å². The van der Waals surface area contributed by atoms with Crippen molar-refractivity contribution in [2.45, 2.75) is 30.8 Å². The molecule has 0 aliphatic carbocycles. The monoisotopic (exact) mass is 467 g/mol. The number of rotatable bonds is 7. The van der Waals surface area contributed by atoms with Crippen molar-refractivity contribution in [3.63, 3.8) is 0 Å². The number of hydrogen-bond acceptors (Lipinski definition) is 4. The predicted octanol–water partition coefficient (Wildman–Crippen LogP) is 3.88. The number of unbranched alkanes of at least 4 members (excludes halogenated alkanes) is 1. The molecule has 3 aromatic rings. The number of aromatic nitrogens is 1. The Hall–Kier alpha value is -3.34. The molecule has 7 nitrogen and oxygen atoms in total. The molecular formula is C21H20F3N3O4S. The minimum absolute atomic E-state index is 0.0416. The van der Waals surface area contributed by atoms with Crippen LogP contribution in [0.2, 0.25) is 0 Å². The SMILES string of the molecule is CCCCNC(=O)c1c[nH]c2ccc(S(=O)(=O)Nc3cccc(C(F)(F)F)c3)cc2c1=O. The molecule has 3 N–H and O–H groups in total. The molecule has 2 aromatic carbocycles. The molecular weight excluding hydrogens is 447 g/mol. The molecule has 0 saturated carbocycles. The van der Waals surface area contributed by atoms with Crippen molar-refractivity contribution in [3.05, 3.63) is 70.0 Å². The summed E-state index contributed by atoms with van der Waals surface area (Å²) in [4.78, 5) is 27.5. The normalized spacial score (nSPS) is 12.0. The van der Waals surface area contributed by atoms with Gasteiger partial charge < -0.3 is 10.3 Å². The Morgan fingerprint density at radius 3 is 2.56 bits per heavy atom. The topological polar surface area (TPSA) is 108 Å². The van der Waals surface area contributed by atoms with Crippen LogP contribution in [0.1, 0.15) is 35.7 Å². The molecule has 0 radical (unpaired) electrons. The number of hydrogen-bond donors (Lipinski definition) is 3. The summed E-state index contributed by atoms with van der Waals surface area (Å²) in [7, 11) is -4.31. The number of halogens is 3. The van der Waals surface area contributed by atoms with E-state index in [2.05, 4.69) is 15.0 Å². The molecule has 32 heavy (non-hydrogen) atoms. The maximum atomic E-state index is 12.9. The van der Waals surface area contributed by atoms with E-state index in [1.807, 2.05) is 6.92 Å². The highest BCUT2D eigenvalue weighted by atomic mass is 32.2. The fourth-order valence-corrected chi connectivity index (χ4v) is 4.06. The van der Waals surface area contributed by atoms with Gasteiger partial charge in [0.25, 0.3) is 15.9 Å². The highest BCUT2D eigenvalue weighted by Gasteiger charge is 2.30. The maximum absolute atomic E-state index is 12.9. The number of benzene rings is 2. The third-order valence-corrected chi connectivity index (χ3v) is 6.04. The van der Waals surface area contributed by atoms with E-state index in [0.29, 0.717) is 18.1 Å². The number of carbonyl (C=O) groups is 1. The Balaban J connectivity index is 1.95. The number of nitrogens with one attached hydrogen (secondary N) is 3. The fraction of sp³-hybridized carbons (Fsp3) is 0.238. The molecule has 0 aliphatic heterocycles. The molecule has 3 rings (SSSR count). The van der Waals surface area contributed by atoms with Crippen LogP contribution < -0.4 is 15.5 Å². The van der Waals surface area contributed by atoms with E-state index < -0.39 is 33.1 Å². The van der Waals surface area contributed by atoms with E-state index in [4.69, 9.17) is 0 Å². The molecule has 1 heterocycles. The molecule has 0 bridgehead atoms. The average Bonchev–Trinajstić information content (AvgIpc) is 2.73. The highest BCUT2D eigenvalue weighted by Crippen LogP contribution is 2.31. The first kappa shape index (κ1) is 23.3. The van der Waals surface area contributed by atoms with Gasteiger partial charge in [-0.2, -0.15) is 13.2 Å². The molecule has 1 aromatic heterocycles. The predicted molar refractivity (Wildman–Crippen MR) is 114 cm³/mol. The molecule has 0 aliphatic rings. The van der Waals surface area contributed by atoms with E-state index in [1.54, 1.807) is 0 Å². The van der Waals surface area contributed by atoms with E-state index in [-0.39, 0.29) is 21.5 Å². The summed E-state index contributed by atoms with van der Waals surface area (Å²) in [6, 6.07) is 7.37. The molecule has 0 fully saturated rings. The van der Waals surface area contributed by atoms with Gasteiger partial charge in [0.1, 0.15) is 5.56 Å². The van der Waals surface area contributed by atoms with Gasteiger partial charge in [-0.15, -0.1) is 0 Å². The lowest BCUT2D eigenvalue weighted by Gasteiger charge is -2.12. The van der Waals surface area contributed by atoms with E-state index in [1.165, 1.54) is 24.4 Å². The molecule has 11 heteroatoms. The lowest BCUT2D eigenvalue weighted by Crippen LogP contribution is -2.29. The zero-order chi connectivity index (χ0) is 23.5. The largest absolute Gasteiger partial charge is 0.416 e. The van der Waals surface area contributed by atoms with Gasteiger partial charge in [0, 0.05) is 29.3 Å². The maximum Gasteiger partial charge on any atom is 0.416 e. The second-order valence-electron chi connectivity index (χ2n) is 7.03. The van der Waals surface area contributed by atoms with Gasteiger partial charge in [0.05, 0.1) is 10.5 Å². The van der Waals surface area contributed by atoms with Crippen molar-refractivity contribution in [2.75, 3.05) is 11.3 Å². The van der Waals surface area contributed by atoms with E-state index in [9.17, 15) is 31.2 Å². The van der Waals surface area contributed by atoms with Crippen LogP contribution in [0.4, 0.5) is 18.9 Å². The average molecular weight is 467 g/mol. The van der Waals surface area contributed by atoms with Crippen molar-refractivity contribution < 1.29 is 26.4 Å². The summed E-state index contributed by atoms with van der Waals surface area (Å²) in [6.07, 6.45) is -1.79. The van der Waals surface area contributed by atoms with Gasteiger partial charge >= 0.3 is 6.18 Å². The number of pyridine rings is 1. The summed E-state index contributed by atoms with van der Waals surface area (Å²) >= 11 is 0. The quantitative estimate of drug-likeness (QED) is 0.458. The summed E-state index contributed by atoms with van der Waals surface area (Å²) in [5.74, 6) is -0.586. The highest BCUT2D eigenvalue weighted by molar-refractivity contribution is 7.92. The first-order valence-corrected chi connectivity index (χ1v) is 11.1. The minimum Gasteiger partial charge on any atom is -0.360 e. The van der Waals surface area contributed by atoms with Crippen LogP contribution in [0.3, 0.4) is 0 Å². The van der Waals surface area contributed by atoms with Gasteiger partial charge in [0.15, 0.2) is 0 Å². The number of amides is 1. The lowest BCUT2D eigenvalue weighted by molar-refractivity contribution is -0.137. The Kier molecular flexibility index (Phi) is 6.58. The van der Waals surface area contributed by atoms with Gasteiger partial charge in [-0.3, -0.25) is 14.3 Å². The molecule has 0 atom stereocenters. The van der Waals surface area contributed by atoms with Gasteiger partial charge in [-0.05, 0) is 42.8 Å². The van der Waals surface area contributed by atoms with Crippen LogP contribution in [0, 0.1) is 0 Å². The third-order valence-electron chi connectivity index (χ3n) is 4.67. The van der Waals surface area contributed by atoms with Crippen LogP contribution in [-0.4, -0.2) is 25.9 Å². The zero-order valence-corrected chi connectivity index (χ0v) is 17.7. The van der Waals surface area contributed by atoms with Crippen LogP contribution >= 0.6 is 0 Å². The van der Waals surface area contributed by atoms with Gasteiger partial charge in [-0.1, -0.05) is 19.4 Å². The van der Waals surface area contributed by atoms with Crippen LogP contribution in [0.15, 0.2) is 58.4 Å². The Labute approximate surface area is 181 Å². The summed E-state index contributed by atoms with van der Waals surface area (Å²) in [5, 5.41) is 2.58. The Morgan fingerprint density at radius 1 is 1.12 bits per heavy atom. The number of fused-ring (bicyclic) bond motifs is 1. The smallest absolute Gasteiger partial charge is 0.360 e. The standard InChI is InChI=1S/C21H20F3N3O4S/c1-2-3-9-25-20(29)17-12-26-18-8-7-15(11-16(18)19(17)28)32(30,31)27-14-6-4-5-13(10-14)21(22,23)24/h4-8,10-12,27H,2-3,9H2,1H3,(H,25,29)(H,26,28). The van der Waals surface area contributed by atoms with Crippen LogP contribution in [-0.2, 0) is 16.2 Å². The summed E-state index contributed by atoms with van der Waals surface area (Å²) < 4.78 is 66.2. The molecule has 0 unspecified atom stereocenters. The summed E-state index contributed by atoms with van der Waals surface area (Å²) in [6.45, 7) is 2.34. The number of anilines is 1. The van der Waals surface area contributed by atoms with E-state index in [0.717, 1.165) is 31.0 Å². The number of H-pyrrole nitrogens is 1. The summed E-state index contributed by atoms with van der Waals surface area (Å²) in [5.41, 5.74) is -1.82. The number of carbonyl (C=O) groups excluding carboxylic acids is 1. The van der Waals surface area contributed by atoms with Crippen molar-refractivity contribution in [2.24, 2.45) is 0 Å². The van der Waals surface area contributed by atoms with Crippen LogP contribution in [0.25, 0.3) is 10.9 Å². The minimum atomic E-state index is -4.63. The lowest BCUT2D eigenvalue weighted by atomic mass is 10.1. The number of aromatic amines is 1. The van der Waals surface area contributed by atoms with Crippen molar-refractivity contribution in [1.29, 1.82) is 0 Å².